The van der Waals surface area contributed by atoms with E-state index < -0.39 is 5.41 Å². The summed E-state index contributed by atoms with van der Waals surface area (Å²) in [4.78, 5) is 9.37. The molecule has 0 aromatic carbocycles. The van der Waals surface area contributed by atoms with Crippen molar-refractivity contribution in [3.8, 4) is 17.3 Å². The molecular weight excluding hydrogens is 564 g/mol. The van der Waals surface area contributed by atoms with Crippen LogP contribution in [0.3, 0.4) is 0 Å². The topological polar surface area (TPSA) is 113 Å². The highest BCUT2D eigenvalue weighted by Crippen LogP contribution is 2.45. The molecule has 2 aromatic rings. The van der Waals surface area contributed by atoms with Gasteiger partial charge in [-0.05, 0) is 83.4 Å². The van der Waals surface area contributed by atoms with Crippen LogP contribution in [-0.4, -0.2) is 66.7 Å². The number of rotatable bonds is 14. The zero-order chi connectivity index (χ0) is 30.3. The Kier molecular flexibility index (Phi) is 10.5. The van der Waals surface area contributed by atoms with Crippen molar-refractivity contribution in [2.45, 2.75) is 88.9 Å². The molecule has 1 atom stereocenters. The van der Waals surface area contributed by atoms with E-state index >= 15 is 0 Å². The van der Waals surface area contributed by atoms with E-state index in [-0.39, 0.29) is 11.6 Å². The number of nitrogens with one attached hydrogen (secondary N) is 3. The summed E-state index contributed by atoms with van der Waals surface area (Å²) in [5.74, 6) is 2.29. The summed E-state index contributed by atoms with van der Waals surface area (Å²) < 4.78 is 17.3. The van der Waals surface area contributed by atoms with Gasteiger partial charge < -0.3 is 30.2 Å². The summed E-state index contributed by atoms with van der Waals surface area (Å²) in [7, 11) is 0. The fraction of sp³-hybridized carbons (Fsp3) is 0.606. The Morgan fingerprint density at radius 3 is 2.60 bits per heavy atom. The number of nitrogens with zero attached hydrogens (tertiary/aromatic N) is 3. The summed E-state index contributed by atoms with van der Waals surface area (Å²) in [5, 5.41) is 21.1. The molecule has 2 aliphatic carbocycles. The SMILES string of the molecule is C=C(OCC)C1(OC[C@H](C)NC2CCC(Nc3cc(-c4cccc(NCC5(C#N)CCOCC5)n4)c(Cl)cn3)CC2)CC1. The molecule has 5 rings (SSSR count). The van der Waals surface area contributed by atoms with E-state index in [4.69, 9.17) is 30.8 Å². The van der Waals surface area contributed by atoms with Crippen molar-refractivity contribution in [3.63, 3.8) is 0 Å². The zero-order valence-electron chi connectivity index (χ0n) is 25.5. The van der Waals surface area contributed by atoms with Crippen LogP contribution in [0, 0.1) is 16.7 Å². The molecule has 0 unspecified atom stereocenters. The number of ether oxygens (including phenoxy) is 3. The molecule has 0 spiro atoms. The minimum absolute atomic E-state index is 0.266. The highest BCUT2D eigenvalue weighted by Gasteiger charge is 2.48. The third-order valence-electron chi connectivity index (χ3n) is 8.92. The first-order chi connectivity index (χ1) is 20.8. The zero-order valence-corrected chi connectivity index (χ0v) is 26.2. The quantitative estimate of drug-likeness (QED) is 0.212. The Morgan fingerprint density at radius 1 is 1.16 bits per heavy atom. The highest BCUT2D eigenvalue weighted by molar-refractivity contribution is 6.33. The fourth-order valence-corrected chi connectivity index (χ4v) is 6.22. The molecule has 3 aliphatic rings. The minimum Gasteiger partial charge on any atom is -0.496 e. The second kappa shape index (κ2) is 14.3. The van der Waals surface area contributed by atoms with Gasteiger partial charge >= 0.3 is 0 Å². The van der Waals surface area contributed by atoms with Gasteiger partial charge in [0.05, 0.1) is 35.4 Å². The number of hydrogen-bond acceptors (Lipinski definition) is 9. The van der Waals surface area contributed by atoms with Crippen molar-refractivity contribution < 1.29 is 14.2 Å². The number of anilines is 2. The fourth-order valence-electron chi connectivity index (χ4n) is 6.02. The Bertz CT molecular complexity index is 1280. The Morgan fingerprint density at radius 2 is 1.91 bits per heavy atom. The molecule has 10 heteroatoms. The van der Waals surface area contributed by atoms with Crippen LogP contribution < -0.4 is 16.0 Å². The van der Waals surface area contributed by atoms with Gasteiger partial charge in [-0.1, -0.05) is 24.2 Å². The maximum Gasteiger partial charge on any atom is 0.126 e. The first-order valence-corrected chi connectivity index (χ1v) is 16.1. The van der Waals surface area contributed by atoms with Crippen molar-refractivity contribution in [2.24, 2.45) is 5.41 Å². The smallest absolute Gasteiger partial charge is 0.126 e. The summed E-state index contributed by atoms with van der Waals surface area (Å²) in [5.41, 5.74) is 0.894. The van der Waals surface area contributed by atoms with Crippen molar-refractivity contribution in [1.82, 2.24) is 15.3 Å². The van der Waals surface area contributed by atoms with Gasteiger partial charge in [-0.2, -0.15) is 5.26 Å². The predicted octanol–water partition coefficient (Wildman–Crippen LogP) is 6.33. The molecule has 43 heavy (non-hydrogen) atoms. The third kappa shape index (κ3) is 8.18. The van der Waals surface area contributed by atoms with E-state index in [0.717, 1.165) is 80.0 Å². The Hall–Kier alpha value is -2.90. The molecular formula is C33H45ClN6O3. The van der Waals surface area contributed by atoms with Crippen LogP contribution in [0.15, 0.2) is 42.8 Å². The molecule has 2 aromatic heterocycles. The first-order valence-electron chi connectivity index (χ1n) is 15.7. The average Bonchev–Trinajstić information content (AvgIpc) is 3.83. The number of hydrogen-bond donors (Lipinski definition) is 3. The van der Waals surface area contributed by atoms with Gasteiger partial charge in [0.25, 0.3) is 0 Å². The highest BCUT2D eigenvalue weighted by atomic mass is 35.5. The standard InChI is InChI=1S/C33H45ClN6O3/c1-4-42-24(3)33(12-13-33)43-20-23(2)38-25-8-10-26(11-9-25)39-31-18-27(28(34)19-36-31)29-6-5-7-30(40-29)37-22-32(21-35)14-16-41-17-15-32/h5-7,18-19,23,25-26,38H,3-4,8-17,20,22H2,1-2H3,(H,36,39)(H,37,40)/t23-,25?,26?/m0/s1. The van der Waals surface area contributed by atoms with E-state index in [1.807, 2.05) is 31.2 Å². The van der Waals surface area contributed by atoms with Gasteiger partial charge in [-0.25, -0.2) is 9.97 Å². The van der Waals surface area contributed by atoms with Crippen LogP contribution in [0.1, 0.15) is 65.2 Å². The lowest BCUT2D eigenvalue weighted by Crippen LogP contribution is -2.43. The minimum atomic E-state index is -0.430. The van der Waals surface area contributed by atoms with Gasteiger partial charge in [0.1, 0.15) is 23.0 Å². The predicted molar refractivity (Wildman–Crippen MR) is 170 cm³/mol. The second-order valence-corrected chi connectivity index (χ2v) is 12.6. The Labute approximate surface area is 260 Å². The van der Waals surface area contributed by atoms with Crippen LogP contribution in [0.2, 0.25) is 5.02 Å². The molecule has 232 valence electrons. The Balaban J connectivity index is 1.11. The molecule has 3 heterocycles. The molecule has 0 bridgehead atoms. The summed E-state index contributed by atoms with van der Waals surface area (Å²) in [6.07, 6.45) is 9.40. The lowest BCUT2D eigenvalue weighted by atomic mass is 9.82. The van der Waals surface area contributed by atoms with E-state index in [0.29, 0.717) is 50.1 Å². The van der Waals surface area contributed by atoms with Crippen molar-refractivity contribution in [2.75, 3.05) is 43.6 Å². The monoisotopic (exact) mass is 608 g/mol. The number of aromatic nitrogens is 2. The van der Waals surface area contributed by atoms with Crippen LogP contribution in [0.5, 0.6) is 0 Å². The largest absolute Gasteiger partial charge is 0.496 e. The van der Waals surface area contributed by atoms with Crippen LogP contribution in [0.4, 0.5) is 11.6 Å². The first kappa shape index (κ1) is 31.5. The van der Waals surface area contributed by atoms with E-state index in [1.54, 1.807) is 6.20 Å². The van der Waals surface area contributed by atoms with Gasteiger partial charge in [0.2, 0.25) is 0 Å². The van der Waals surface area contributed by atoms with Crippen LogP contribution in [-0.2, 0) is 14.2 Å². The molecule has 3 N–H and O–H groups in total. The summed E-state index contributed by atoms with van der Waals surface area (Å²) in [6.45, 7) is 11.3. The summed E-state index contributed by atoms with van der Waals surface area (Å²) >= 11 is 6.59. The molecule has 9 nitrogen and oxygen atoms in total. The molecule has 1 saturated heterocycles. The average molecular weight is 609 g/mol. The maximum atomic E-state index is 9.78. The number of pyridine rings is 2. The molecule has 0 amide bonds. The molecule has 1 aliphatic heterocycles. The summed E-state index contributed by atoms with van der Waals surface area (Å²) in [6, 6.07) is 11.4. The molecule has 0 radical (unpaired) electrons. The van der Waals surface area contributed by atoms with E-state index in [9.17, 15) is 5.26 Å². The van der Waals surface area contributed by atoms with Crippen molar-refractivity contribution in [3.05, 3.63) is 47.8 Å². The van der Waals surface area contributed by atoms with Crippen LogP contribution >= 0.6 is 11.6 Å². The van der Waals surface area contributed by atoms with Gasteiger partial charge in [0, 0.05) is 49.6 Å². The molecule has 2 saturated carbocycles. The number of nitriles is 1. The van der Waals surface area contributed by atoms with E-state index in [1.165, 1.54) is 0 Å². The van der Waals surface area contributed by atoms with Gasteiger partial charge in [-0.15, -0.1) is 0 Å². The number of halogens is 1. The van der Waals surface area contributed by atoms with E-state index in [2.05, 4.69) is 40.5 Å². The normalized spacial score (nSPS) is 23.0. The van der Waals surface area contributed by atoms with Gasteiger partial charge in [-0.3, -0.25) is 0 Å². The van der Waals surface area contributed by atoms with Crippen molar-refractivity contribution >= 4 is 23.2 Å². The van der Waals surface area contributed by atoms with Crippen molar-refractivity contribution in [1.29, 1.82) is 5.26 Å². The lowest BCUT2D eigenvalue weighted by molar-refractivity contribution is 0.00356. The lowest BCUT2D eigenvalue weighted by Gasteiger charge is -2.32. The third-order valence-corrected chi connectivity index (χ3v) is 9.22. The van der Waals surface area contributed by atoms with Crippen LogP contribution in [0.25, 0.3) is 11.3 Å². The molecule has 3 fully saturated rings. The van der Waals surface area contributed by atoms with Gasteiger partial charge in [0.15, 0.2) is 0 Å². The second-order valence-electron chi connectivity index (χ2n) is 12.2. The maximum absolute atomic E-state index is 9.78.